The van der Waals surface area contributed by atoms with Gasteiger partial charge in [-0.15, -0.1) is 26.3 Å². The van der Waals surface area contributed by atoms with Gasteiger partial charge in [0.25, 0.3) is 0 Å². The van der Waals surface area contributed by atoms with Gasteiger partial charge in [-0.05, 0) is 0 Å². The van der Waals surface area contributed by atoms with Gasteiger partial charge in [-0.1, -0.05) is 0 Å². The molecule has 0 aromatic carbocycles. The first-order chi connectivity index (χ1) is 4.00. The maximum Gasteiger partial charge on any atom is 0.330 e. The highest BCUT2D eigenvalue weighted by atomic mass is 32.2. The average Bonchev–Trinajstić information content (AvgIpc) is 1.72. The fraction of sp³-hybridized carbons (Fsp3) is 0. The van der Waals surface area contributed by atoms with Gasteiger partial charge in [0.1, 0.15) is 0 Å². The van der Waals surface area contributed by atoms with Crippen LogP contribution in [0, 0.1) is 0 Å². The van der Waals surface area contributed by atoms with E-state index in [1.807, 2.05) is 0 Å². The zero-order chi connectivity index (χ0) is 8.50. The Morgan fingerprint density at radius 2 is 1.11 bits per heavy atom. The lowest BCUT2D eigenvalue weighted by atomic mass is 11.3. The molecule has 56 valence electrons. The minimum Gasteiger partial charge on any atom is -0.274 e. The van der Waals surface area contributed by atoms with Gasteiger partial charge >= 0.3 is 10.3 Å². The lowest BCUT2D eigenvalue weighted by Gasteiger charge is -1.70. The molecule has 5 heteroatoms. The topological polar surface area (TPSA) is 80.4 Å². The SMILES string of the molecule is C=C.C=C.NS(=O)(=O)O. The second kappa shape index (κ2) is 10.4. The molecule has 0 rings (SSSR count). The first-order valence-electron chi connectivity index (χ1n) is 1.75. The highest BCUT2D eigenvalue weighted by Gasteiger charge is 1.81. The Bertz CT molecular complexity index is 119. The first kappa shape index (κ1) is 15.8. The standard InChI is InChI=1S/2C2H4.H3NO3S/c2*1-2;1-5(2,3)4/h2*1-2H2;(H3,1,2,3,4). The van der Waals surface area contributed by atoms with E-state index in [1.54, 1.807) is 0 Å². The van der Waals surface area contributed by atoms with Crippen molar-refractivity contribution in [1.82, 2.24) is 0 Å². The second-order valence-electron chi connectivity index (χ2n) is 0.515. The van der Waals surface area contributed by atoms with Gasteiger partial charge < -0.3 is 0 Å². The Morgan fingerprint density at radius 3 is 1.11 bits per heavy atom. The van der Waals surface area contributed by atoms with Crippen molar-refractivity contribution in [2.24, 2.45) is 5.14 Å². The van der Waals surface area contributed by atoms with Gasteiger partial charge in [0.2, 0.25) is 0 Å². The molecule has 0 aliphatic heterocycles. The quantitative estimate of drug-likeness (QED) is 0.389. The maximum atomic E-state index is 8.97. The first-order valence-corrected chi connectivity index (χ1v) is 3.25. The van der Waals surface area contributed by atoms with Crippen LogP contribution in [0.15, 0.2) is 26.3 Å². The van der Waals surface area contributed by atoms with Crippen molar-refractivity contribution in [3.8, 4) is 0 Å². The molecule has 3 N–H and O–H groups in total. The fourth-order valence-corrected chi connectivity index (χ4v) is 0. The monoisotopic (exact) mass is 153 g/mol. The molecule has 0 bridgehead atoms. The third-order valence-electron chi connectivity index (χ3n) is 0. The molecule has 0 spiro atoms. The third-order valence-corrected chi connectivity index (χ3v) is 0. The molecule has 0 aliphatic carbocycles. The van der Waals surface area contributed by atoms with Crippen molar-refractivity contribution in [2.75, 3.05) is 0 Å². The lowest BCUT2D eigenvalue weighted by molar-refractivity contribution is 0.485. The summed E-state index contributed by atoms with van der Waals surface area (Å²) in [7, 11) is -4.17. The van der Waals surface area contributed by atoms with Crippen molar-refractivity contribution in [3.05, 3.63) is 26.3 Å². The van der Waals surface area contributed by atoms with E-state index < -0.39 is 10.3 Å². The summed E-state index contributed by atoms with van der Waals surface area (Å²) in [4.78, 5) is 0. The van der Waals surface area contributed by atoms with Crippen LogP contribution in [0.5, 0.6) is 0 Å². The number of rotatable bonds is 0. The Balaban J connectivity index is -0.0000000771. The third kappa shape index (κ3) is 498. The van der Waals surface area contributed by atoms with Crippen LogP contribution in [-0.2, 0) is 10.3 Å². The highest BCUT2D eigenvalue weighted by molar-refractivity contribution is 7.83. The Kier molecular flexibility index (Phi) is 18.1. The van der Waals surface area contributed by atoms with Crippen LogP contribution in [0.4, 0.5) is 0 Å². The minimum atomic E-state index is -4.17. The largest absolute Gasteiger partial charge is 0.330 e. The average molecular weight is 153 g/mol. The van der Waals surface area contributed by atoms with Crippen molar-refractivity contribution in [2.45, 2.75) is 0 Å². The van der Waals surface area contributed by atoms with Crippen LogP contribution in [0.3, 0.4) is 0 Å². The molecule has 0 saturated carbocycles. The molecule has 0 atom stereocenters. The zero-order valence-electron chi connectivity index (χ0n) is 5.08. The zero-order valence-corrected chi connectivity index (χ0v) is 5.89. The summed E-state index contributed by atoms with van der Waals surface area (Å²) in [5.41, 5.74) is 0. The van der Waals surface area contributed by atoms with E-state index in [4.69, 9.17) is 13.0 Å². The molecule has 0 amide bonds. The van der Waals surface area contributed by atoms with E-state index in [9.17, 15) is 0 Å². The number of nitrogens with two attached hydrogens (primary N) is 1. The van der Waals surface area contributed by atoms with Crippen LogP contribution in [0.25, 0.3) is 0 Å². The molecule has 0 radical (unpaired) electrons. The Morgan fingerprint density at radius 1 is 1.11 bits per heavy atom. The smallest absolute Gasteiger partial charge is 0.274 e. The van der Waals surface area contributed by atoms with E-state index >= 15 is 0 Å². The summed E-state index contributed by atoms with van der Waals surface area (Å²) in [5, 5.41) is 3.88. The summed E-state index contributed by atoms with van der Waals surface area (Å²) in [6.07, 6.45) is 0. The Labute approximate surface area is 55.6 Å². The van der Waals surface area contributed by atoms with Gasteiger partial charge in [0.05, 0.1) is 0 Å². The van der Waals surface area contributed by atoms with Crippen LogP contribution >= 0.6 is 0 Å². The van der Waals surface area contributed by atoms with Gasteiger partial charge in [0.15, 0.2) is 0 Å². The molecule has 0 saturated heterocycles. The van der Waals surface area contributed by atoms with Crippen LogP contribution in [-0.4, -0.2) is 13.0 Å². The maximum absolute atomic E-state index is 8.97. The summed E-state index contributed by atoms with van der Waals surface area (Å²) in [5.74, 6) is 0. The lowest BCUT2D eigenvalue weighted by Crippen LogP contribution is -2.08. The highest BCUT2D eigenvalue weighted by Crippen LogP contribution is 1.50. The molecule has 0 aromatic heterocycles. The van der Waals surface area contributed by atoms with E-state index in [-0.39, 0.29) is 0 Å². The second-order valence-corrected chi connectivity index (χ2v) is 1.54. The molecule has 0 aromatic rings. The molecule has 0 heterocycles. The summed E-state index contributed by atoms with van der Waals surface area (Å²) >= 11 is 0. The van der Waals surface area contributed by atoms with Crippen molar-refractivity contribution in [3.63, 3.8) is 0 Å². The Hall–Kier alpha value is -0.650. The number of hydrogen-bond donors (Lipinski definition) is 2. The van der Waals surface area contributed by atoms with Crippen LogP contribution < -0.4 is 5.14 Å². The van der Waals surface area contributed by atoms with Gasteiger partial charge in [0, 0.05) is 0 Å². The molecule has 0 aliphatic rings. The van der Waals surface area contributed by atoms with E-state index in [0.717, 1.165) is 0 Å². The summed E-state index contributed by atoms with van der Waals surface area (Å²) in [6.45, 7) is 12.0. The molecule has 9 heavy (non-hydrogen) atoms. The predicted molar refractivity (Wildman–Crippen MR) is 38.2 cm³/mol. The van der Waals surface area contributed by atoms with E-state index in [0.29, 0.717) is 0 Å². The molecular weight excluding hydrogens is 142 g/mol. The van der Waals surface area contributed by atoms with Gasteiger partial charge in [-0.3, -0.25) is 4.55 Å². The molecular formula is C4H11NO3S. The predicted octanol–water partition coefficient (Wildman–Crippen LogP) is 0.352. The van der Waals surface area contributed by atoms with Crippen molar-refractivity contribution >= 4 is 10.3 Å². The molecule has 4 nitrogen and oxygen atoms in total. The fourth-order valence-electron chi connectivity index (χ4n) is 0. The number of hydrogen-bond acceptors (Lipinski definition) is 2. The molecule has 0 unspecified atom stereocenters. The summed E-state index contributed by atoms with van der Waals surface area (Å²) < 4.78 is 25.2. The molecule has 0 fully saturated rings. The van der Waals surface area contributed by atoms with Crippen molar-refractivity contribution in [1.29, 1.82) is 0 Å². The normalized spacial score (nSPS) is 7.33. The van der Waals surface area contributed by atoms with Crippen LogP contribution in [0.1, 0.15) is 0 Å². The van der Waals surface area contributed by atoms with E-state index in [1.165, 1.54) is 0 Å². The van der Waals surface area contributed by atoms with E-state index in [2.05, 4.69) is 31.5 Å². The van der Waals surface area contributed by atoms with Crippen LogP contribution in [0.2, 0.25) is 0 Å². The summed E-state index contributed by atoms with van der Waals surface area (Å²) in [6, 6.07) is 0. The van der Waals surface area contributed by atoms with Crippen molar-refractivity contribution < 1.29 is 13.0 Å². The van der Waals surface area contributed by atoms with Gasteiger partial charge in [-0.25, -0.2) is 5.14 Å². The minimum absolute atomic E-state index is 3.00. The van der Waals surface area contributed by atoms with Gasteiger partial charge in [-0.2, -0.15) is 8.42 Å².